The first kappa shape index (κ1) is 27.7. The van der Waals surface area contributed by atoms with Gasteiger partial charge in [-0.15, -0.1) is 0 Å². The molecule has 0 radical (unpaired) electrons. The first-order valence-corrected chi connectivity index (χ1v) is 13.9. The minimum absolute atomic E-state index is 0.0382. The van der Waals surface area contributed by atoms with E-state index in [1.165, 1.54) is 69.1 Å². The molecular weight excluding hydrogens is 452 g/mol. The molecule has 1 heterocycles. The molecule has 2 amide bonds. The molecule has 6 heteroatoms. The highest BCUT2D eigenvalue weighted by Gasteiger charge is 2.32. The van der Waals surface area contributed by atoms with Crippen LogP contribution >= 0.6 is 0 Å². The normalized spacial score (nSPS) is 13.0. The molecule has 36 heavy (non-hydrogen) atoms. The van der Waals surface area contributed by atoms with Gasteiger partial charge in [0.15, 0.2) is 0 Å². The third kappa shape index (κ3) is 7.55. The number of carboxylic acid groups (broad SMARTS) is 1. The van der Waals surface area contributed by atoms with Crippen LogP contribution in [0, 0.1) is 0 Å². The summed E-state index contributed by atoms with van der Waals surface area (Å²) in [7, 11) is 0. The number of rotatable bonds is 18. The highest BCUT2D eigenvalue weighted by molar-refractivity contribution is 6.26. The smallest absolute Gasteiger partial charge is 0.303 e. The molecule has 6 nitrogen and oxygen atoms in total. The van der Waals surface area contributed by atoms with E-state index >= 15 is 0 Å². The lowest BCUT2D eigenvalue weighted by Gasteiger charge is -2.28. The molecule has 0 aromatic heterocycles. The summed E-state index contributed by atoms with van der Waals surface area (Å²) >= 11 is 0. The molecule has 1 aliphatic rings. The Labute approximate surface area is 215 Å². The molecule has 196 valence electrons. The van der Waals surface area contributed by atoms with Crippen molar-refractivity contribution in [2.24, 2.45) is 0 Å². The van der Waals surface area contributed by atoms with E-state index in [9.17, 15) is 14.4 Å². The van der Waals surface area contributed by atoms with E-state index in [0.29, 0.717) is 24.0 Å². The van der Waals surface area contributed by atoms with E-state index in [1.54, 1.807) is 6.07 Å². The van der Waals surface area contributed by atoms with Crippen molar-refractivity contribution in [1.29, 1.82) is 0 Å². The lowest BCUT2D eigenvalue weighted by Crippen LogP contribution is -2.40. The Kier molecular flexibility index (Phi) is 11.2. The highest BCUT2D eigenvalue weighted by atomic mass is 16.4. The van der Waals surface area contributed by atoms with Crippen LogP contribution in [0.5, 0.6) is 0 Å². The average Bonchev–Trinajstić information content (AvgIpc) is 2.87. The number of unbranched alkanes of at least 4 members (excludes halogenated alkanes) is 11. The summed E-state index contributed by atoms with van der Waals surface area (Å²) in [5, 5.41) is 14.0. The third-order valence-corrected chi connectivity index (χ3v) is 7.11. The van der Waals surface area contributed by atoms with E-state index in [1.807, 2.05) is 24.3 Å². The van der Waals surface area contributed by atoms with Crippen molar-refractivity contribution >= 4 is 34.2 Å². The van der Waals surface area contributed by atoms with Gasteiger partial charge in [-0.05, 0) is 37.5 Å². The van der Waals surface area contributed by atoms with Crippen LogP contribution in [-0.2, 0) is 4.79 Å². The van der Waals surface area contributed by atoms with Crippen LogP contribution in [0.2, 0.25) is 0 Å². The number of hydrogen-bond donors (Lipinski definition) is 2. The summed E-state index contributed by atoms with van der Waals surface area (Å²) < 4.78 is 0. The topological polar surface area (TPSA) is 86.7 Å². The number of imide groups is 1. The van der Waals surface area contributed by atoms with Gasteiger partial charge in [-0.25, -0.2) is 0 Å². The second kappa shape index (κ2) is 14.6. The molecule has 0 atom stereocenters. The number of nitrogens with zero attached hydrogens (tertiary/aromatic N) is 1. The number of carboxylic acids is 1. The van der Waals surface area contributed by atoms with Gasteiger partial charge in [0.1, 0.15) is 0 Å². The molecule has 0 saturated carbocycles. The predicted molar refractivity (Wildman–Crippen MR) is 146 cm³/mol. The van der Waals surface area contributed by atoms with Crippen LogP contribution in [0.1, 0.15) is 118 Å². The summed E-state index contributed by atoms with van der Waals surface area (Å²) in [6, 6.07) is 9.36. The number of amides is 2. The maximum atomic E-state index is 13.1. The molecule has 2 aromatic carbocycles. The zero-order valence-electron chi connectivity index (χ0n) is 21.8. The fourth-order valence-corrected chi connectivity index (χ4v) is 5.06. The minimum atomic E-state index is -0.866. The Hall–Kier alpha value is -2.89. The third-order valence-electron chi connectivity index (χ3n) is 7.11. The van der Waals surface area contributed by atoms with Gasteiger partial charge in [-0.2, -0.15) is 0 Å². The van der Waals surface area contributed by atoms with Gasteiger partial charge in [0.25, 0.3) is 11.8 Å². The highest BCUT2D eigenvalue weighted by Crippen LogP contribution is 2.34. The van der Waals surface area contributed by atoms with Crippen molar-refractivity contribution in [1.82, 2.24) is 4.90 Å². The average molecular weight is 495 g/mol. The monoisotopic (exact) mass is 494 g/mol. The van der Waals surface area contributed by atoms with E-state index in [0.717, 1.165) is 29.4 Å². The van der Waals surface area contributed by atoms with Crippen molar-refractivity contribution in [2.45, 2.75) is 96.8 Å². The molecule has 0 fully saturated rings. The van der Waals surface area contributed by atoms with Crippen molar-refractivity contribution in [2.75, 3.05) is 18.4 Å². The van der Waals surface area contributed by atoms with Gasteiger partial charge in [0.2, 0.25) is 0 Å². The van der Waals surface area contributed by atoms with Crippen molar-refractivity contribution in [3.63, 3.8) is 0 Å². The lowest BCUT2D eigenvalue weighted by atomic mass is 9.92. The maximum Gasteiger partial charge on any atom is 0.303 e. The maximum absolute atomic E-state index is 13.1. The van der Waals surface area contributed by atoms with E-state index < -0.39 is 5.97 Å². The van der Waals surface area contributed by atoms with E-state index in [2.05, 4.69) is 12.2 Å². The van der Waals surface area contributed by atoms with Crippen molar-refractivity contribution in [3.8, 4) is 0 Å². The van der Waals surface area contributed by atoms with Gasteiger partial charge in [-0.3, -0.25) is 19.3 Å². The predicted octanol–water partition coefficient (Wildman–Crippen LogP) is 7.41. The van der Waals surface area contributed by atoms with Gasteiger partial charge in [-0.1, -0.05) is 83.3 Å². The molecule has 3 rings (SSSR count). The van der Waals surface area contributed by atoms with Crippen LogP contribution in [0.3, 0.4) is 0 Å². The summed E-state index contributed by atoms with van der Waals surface area (Å²) in [5.74, 6) is -1.46. The van der Waals surface area contributed by atoms with Crippen LogP contribution < -0.4 is 5.32 Å². The number of aliphatic carboxylic acids is 1. The zero-order valence-corrected chi connectivity index (χ0v) is 21.8. The number of carbonyl (C=O) groups excluding carboxylic acids is 2. The Balaban J connectivity index is 1.49. The van der Waals surface area contributed by atoms with Crippen LogP contribution in [0.4, 0.5) is 5.69 Å². The first-order chi connectivity index (χ1) is 17.5. The number of hydrogen-bond acceptors (Lipinski definition) is 4. The second-order valence-electron chi connectivity index (χ2n) is 9.96. The van der Waals surface area contributed by atoms with Crippen molar-refractivity contribution < 1.29 is 19.5 Å². The molecule has 0 aliphatic carbocycles. The zero-order chi connectivity index (χ0) is 25.8. The number of carbonyl (C=O) groups is 3. The van der Waals surface area contributed by atoms with Gasteiger partial charge < -0.3 is 10.4 Å². The molecular formula is C30H42N2O4. The van der Waals surface area contributed by atoms with Crippen LogP contribution in [0.15, 0.2) is 30.3 Å². The number of anilines is 1. The van der Waals surface area contributed by atoms with Crippen LogP contribution in [0.25, 0.3) is 10.8 Å². The molecule has 0 bridgehead atoms. The number of benzene rings is 2. The largest absolute Gasteiger partial charge is 0.481 e. The molecule has 2 aromatic rings. The fourth-order valence-electron chi connectivity index (χ4n) is 5.06. The summed E-state index contributed by atoms with van der Waals surface area (Å²) in [5.41, 5.74) is 2.04. The molecule has 0 saturated heterocycles. The second-order valence-corrected chi connectivity index (χ2v) is 9.96. The molecule has 2 N–H and O–H groups in total. The summed E-state index contributed by atoms with van der Waals surface area (Å²) in [4.78, 5) is 38.2. The SMILES string of the molecule is CCCCCCCCCCCCCNc1ccc2c3c(cccc13)C(=O)N(CCCCC(=O)O)C2=O. The molecule has 0 unspecified atom stereocenters. The van der Waals surface area contributed by atoms with E-state index in [-0.39, 0.29) is 24.8 Å². The Morgan fingerprint density at radius 2 is 1.39 bits per heavy atom. The van der Waals surface area contributed by atoms with Gasteiger partial charge in [0, 0.05) is 47.1 Å². The first-order valence-electron chi connectivity index (χ1n) is 13.9. The van der Waals surface area contributed by atoms with Gasteiger partial charge >= 0.3 is 5.97 Å². The molecule has 0 spiro atoms. The number of nitrogens with one attached hydrogen (secondary N) is 1. The summed E-state index contributed by atoms with van der Waals surface area (Å²) in [6.45, 7) is 3.36. The minimum Gasteiger partial charge on any atom is -0.481 e. The molecule has 1 aliphatic heterocycles. The lowest BCUT2D eigenvalue weighted by molar-refractivity contribution is -0.137. The summed E-state index contributed by atoms with van der Waals surface area (Å²) in [6.07, 6.45) is 15.4. The Morgan fingerprint density at radius 1 is 0.778 bits per heavy atom. The van der Waals surface area contributed by atoms with E-state index in [4.69, 9.17) is 5.11 Å². The van der Waals surface area contributed by atoms with Crippen LogP contribution in [-0.4, -0.2) is 40.9 Å². The van der Waals surface area contributed by atoms with Crippen molar-refractivity contribution in [3.05, 3.63) is 41.5 Å². The Morgan fingerprint density at radius 3 is 2.03 bits per heavy atom. The van der Waals surface area contributed by atoms with Gasteiger partial charge in [0.05, 0.1) is 0 Å². The fraction of sp³-hybridized carbons (Fsp3) is 0.567. The quantitative estimate of drug-likeness (QED) is 0.166. The standard InChI is InChI=1S/C30H42N2O4/c1-2-3-4-5-6-7-8-9-10-11-13-21-31-26-20-19-25-28-23(26)16-15-17-24(28)29(35)32(30(25)36)22-14-12-18-27(33)34/h15-17,19-20,31H,2-14,18,21-22H2,1H3,(H,33,34). The Bertz CT molecular complexity index is 1010.